The van der Waals surface area contributed by atoms with Crippen LogP contribution in [0.4, 0.5) is 11.4 Å². The molecule has 0 atom stereocenters. The molecule has 0 spiro atoms. The van der Waals surface area contributed by atoms with Crippen molar-refractivity contribution in [2.75, 3.05) is 17.0 Å². The maximum atomic E-state index is 13.5. The number of hydrogen-bond acceptors (Lipinski definition) is 6. The highest BCUT2D eigenvalue weighted by atomic mass is 35.5. The maximum Gasteiger partial charge on any atom is 0.283 e. The quantitative estimate of drug-likeness (QED) is 0.522. The number of anilines is 2. The van der Waals surface area contributed by atoms with Crippen molar-refractivity contribution >= 4 is 68.3 Å². The largest absolute Gasteiger partial charge is 0.337 e. The predicted molar refractivity (Wildman–Crippen MR) is 138 cm³/mol. The van der Waals surface area contributed by atoms with Gasteiger partial charge < -0.3 is 4.90 Å². The number of halogens is 1. The smallest absolute Gasteiger partial charge is 0.283 e. The number of rotatable bonds is 3. The Labute approximate surface area is 203 Å². The standard InChI is InChI=1S/C24H19ClN4O2S2/c1-4-13-28-22(31)20(24-27(3)17-7-5-6-8-18(17)32-24)33-23(28)19-14(2)26-29(21(19)30)16-11-9-15(25)10-12-16/h4-12H,1,13H2,2-3H3. The summed E-state index contributed by atoms with van der Waals surface area (Å²) in [6, 6.07) is 14.9. The minimum absolute atomic E-state index is 0.143. The van der Waals surface area contributed by atoms with E-state index in [-0.39, 0.29) is 11.5 Å². The van der Waals surface area contributed by atoms with E-state index in [1.54, 1.807) is 53.6 Å². The Balaban J connectivity index is 1.72. The lowest BCUT2D eigenvalue weighted by Crippen LogP contribution is -2.35. The molecule has 0 bridgehead atoms. The van der Waals surface area contributed by atoms with Crippen LogP contribution in [0.3, 0.4) is 0 Å². The molecule has 3 aromatic rings. The van der Waals surface area contributed by atoms with Gasteiger partial charge in [0.25, 0.3) is 11.5 Å². The van der Waals surface area contributed by atoms with Gasteiger partial charge in [0.2, 0.25) is 0 Å². The second-order valence-corrected chi connectivity index (χ2v) is 9.99. The van der Waals surface area contributed by atoms with Crippen LogP contribution in [0.25, 0.3) is 10.6 Å². The number of thioether (sulfide) groups is 1. The third-order valence-corrected chi connectivity index (χ3v) is 8.24. The Bertz CT molecular complexity index is 1520. The van der Waals surface area contributed by atoms with Gasteiger partial charge in [-0.2, -0.15) is 10.1 Å². The van der Waals surface area contributed by atoms with Crippen LogP contribution in [0.15, 0.2) is 76.0 Å². The molecule has 2 aromatic carbocycles. The highest BCUT2D eigenvalue weighted by Gasteiger charge is 2.32. The summed E-state index contributed by atoms with van der Waals surface area (Å²) in [6.07, 6.45) is 1.66. The van der Waals surface area contributed by atoms with Gasteiger partial charge in [-0.25, -0.2) is 0 Å². The molecule has 33 heavy (non-hydrogen) atoms. The zero-order valence-electron chi connectivity index (χ0n) is 17.9. The fourth-order valence-electron chi connectivity index (χ4n) is 3.84. The topological polar surface area (TPSA) is 57.9 Å². The van der Waals surface area contributed by atoms with E-state index in [2.05, 4.69) is 11.7 Å². The van der Waals surface area contributed by atoms with Crippen LogP contribution in [-0.4, -0.2) is 23.2 Å². The van der Waals surface area contributed by atoms with Crippen molar-refractivity contribution in [1.29, 1.82) is 0 Å². The van der Waals surface area contributed by atoms with E-state index in [4.69, 9.17) is 11.6 Å². The SMILES string of the molecule is C=CCn1c(=C2C(=O)N(c3ccc(Cl)cc3)N=C2C)sc(=C2Sc3ccccc3N2C)c1=O. The summed E-state index contributed by atoms with van der Waals surface area (Å²) in [5, 5.41) is 7.26. The second kappa shape index (κ2) is 8.37. The highest BCUT2D eigenvalue weighted by Crippen LogP contribution is 2.44. The first-order valence-electron chi connectivity index (χ1n) is 10.2. The summed E-state index contributed by atoms with van der Waals surface area (Å²) in [7, 11) is 1.95. The van der Waals surface area contributed by atoms with Crippen LogP contribution in [0.2, 0.25) is 5.02 Å². The average Bonchev–Trinajstić information content (AvgIpc) is 3.41. The molecule has 0 saturated carbocycles. The summed E-state index contributed by atoms with van der Waals surface area (Å²) in [6.45, 7) is 5.88. The van der Waals surface area contributed by atoms with Crippen LogP contribution < -0.4 is 24.7 Å². The number of thiazole rings is 1. The Kier molecular flexibility index (Phi) is 5.52. The zero-order valence-corrected chi connectivity index (χ0v) is 20.3. The third-order valence-electron chi connectivity index (χ3n) is 5.43. The number of para-hydroxylation sites is 1. The summed E-state index contributed by atoms with van der Waals surface area (Å²) >= 11 is 8.87. The number of allylic oxidation sites excluding steroid dienone is 1. The second-order valence-electron chi connectivity index (χ2n) is 7.53. The molecule has 0 radical (unpaired) electrons. The maximum absolute atomic E-state index is 13.5. The van der Waals surface area contributed by atoms with Gasteiger partial charge in [0.15, 0.2) is 0 Å². The van der Waals surface area contributed by atoms with Gasteiger partial charge in [0.05, 0.1) is 22.7 Å². The third kappa shape index (κ3) is 3.55. The first-order chi connectivity index (χ1) is 15.9. The molecule has 2 aliphatic rings. The molecule has 2 aliphatic heterocycles. The lowest BCUT2D eigenvalue weighted by molar-refractivity contribution is -0.112. The molecule has 0 N–H and O–H groups in total. The number of nitrogens with zero attached hydrogens (tertiary/aromatic N) is 4. The van der Waals surface area contributed by atoms with E-state index >= 15 is 0 Å². The van der Waals surface area contributed by atoms with Crippen LogP contribution in [0.1, 0.15) is 6.92 Å². The fraction of sp³-hybridized carbons (Fsp3) is 0.125. The molecule has 1 aromatic heterocycles. The monoisotopic (exact) mass is 494 g/mol. The number of hydrazone groups is 1. The Hall–Kier alpha value is -3.07. The number of fused-ring (bicyclic) bond motifs is 1. The summed E-state index contributed by atoms with van der Waals surface area (Å²) in [5.41, 5.74) is 2.50. The molecule has 3 heterocycles. The van der Waals surface area contributed by atoms with Crippen molar-refractivity contribution in [3.05, 3.63) is 85.8 Å². The summed E-state index contributed by atoms with van der Waals surface area (Å²) < 4.78 is 2.78. The van der Waals surface area contributed by atoms with Crippen molar-refractivity contribution in [1.82, 2.24) is 4.57 Å². The minimum Gasteiger partial charge on any atom is -0.337 e. The minimum atomic E-state index is -0.277. The van der Waals surface area contributed by atoms with Crippen LogP contribution >= 0.6 is 34.7 Å². The molecule has 0 saturated heterocycles. The van der Waals surface area contributed by atoms with Gasteiger partial charge in [0, 0.05) is 23.5 Å². The van der Waals surface area contributed by atoms with Crippen molar-refractivity contribution in [3.8, 4) is 0 Å². The molecule has 1 amide bonds. The normalized spacial score (nSPS) is 18.6. The van der Waals surface area contributed by atoms with Gasteiger partial charge in [-0.05, 0) is 43.3 Å². The zero-order chi connectivity index (χ0) is 23.3. The van der Waals surface area contributed by atoms with Gasteiger partial charge >= 0.3 is 0 Å². The Morgan fingerprint density at radius 2 is 1.85 bits per heavy atom. The van der Waals surface area contributed by atoms with E-state index in [9.17, 15) is 9.59 Å². The van der Waals surface area contributed by atoms with Crippen molar-refractivity contribution in [3.63, 3.8) is 0 Å². The van der Waals surface area contributed by atoms with Crippen molar-refractivity contribution < 1.29 is 4.79 Å². The van der Waals surface area contributed by atoms with Crippen LogP contribution in [0.5, 0.6) is 0 Å². The molecular weight excluding hydrogens is 476 g/mol. The van der Waals surface area contributed by atoms with E-state index in [1.807, 2.05) is 36.2 Å². The molecular formula is C24H19ClN4O2S2. The lowest BCUT2D eigenvalue weighted by atomic mass is 10.2. The van der Waals surface area contributed by atoms with Crippen LogP contribution in [0, 0.1) is 0 Å². The van der Waals surface area contributed by atoms with Crippen molar-refractivity contribution in [2.24, 2.45) is 5.10 Å². The summed E-state index contributed by atoms with van der Waals surface area (Å²) in [5.74, 6) is -0.277. The molecule has 9 heteroatoms. The number of aromatic nitrogens is 1. The van der Waals surface area contributed by atoms with Gasteiger partial charge in [-0.3, -0.25) is 14.2 Å². The molecule has 0 aliphatic carbocycles. The van der Waals surface area contributed by atoms with Gasteiger partial charge in [-0.15, -0.1) is 17.9 Å². The van der Waals surface area contributed by atoms with Gasteiger partial charge in [-0.1, -0.05) is 41.6 Å². The summed E-state index contributed by atoms with van der Waals surface area (Å²) in [4.78, 5) is 30.0. The molecule has 5 rings (SSSR count). The predicted octanol–water partition coefficient (Wildman–Crippen LogP) is 3.63. The first-order valence-corrected chi connectivity index (χ1v) is 12.2. The van der Waals surface area contributed by atoms with E-state index < -0.39 is 0 Å². The van der Waals surface area contributed by atoms with Crippen molar-refractivity contribution in [2.45, 2.75) is 18.4 Å². The number of hydrogen-bond donors (Lipinski definition) is 0. The molecule has 0 unspecified atom stereocenters. The van der Waals surface area contributed by atoms with Crippen LogP contribution in [-0.2, 0) is 11.3 Å². The number of carbonyl (C=O) groups excluding carboxylic acids is 1. The number of amides is 1. The van der Waals surface area contributed by atoms with E-state index in [0.717, 1.165) is 15.6 Å². The first kappa shape index (κ1) is 21.8. The molecule has 6 nitrogen and oxygen atoms in total. The molecule has 166 valence electrons. The van der Waals surface area contributed by atoms with Gasteiger partial charge in [0.1, 0.15) is 14.2 Å². The average molecular weight is 495 g/mol. The highest BCUT2D eigenvalue weighted by molar-refractivity contribution is 8.08. The van der Waals surface area contributed by atoms with E-state index in [1.165, 1.54) is 16.3 Å². The number of carbonyl (C=O) groups is 1. The molecule has 0 fully saturated rings. The Morgan fingerprint density at radius 1 is 1.12 bits per heavy atom. The number of benzene rings is 2. The van der Waals surface area contributed by atoms with E-state index in [0.29, 0.717) is 37.7 Å². The lowest BCUT2D eigenvalue weighted by Gasteiger charge is -2.11. The fourth-order valence-corrected chi connectivity index (χ4v) is 6.51. The Morgan fingerprint density at radius 3 is 2.55 bits per heavy atom.